The summed E-state index contributed by atoms with van der Waals surface area (Å²) >= 11 is 5.96. The first-order chi connectivity index (χ1) is 11.5. The molecule has 0 saturated heterocycles. The maximum Gasteiger partial charge on any atom is 0.342 e. The maximum atomic E-state index is 12.4. The number of carbonyl (C=O) groups excluding carboxylic acids is 1. The Hall–Kier alpha value is -2.60. The van der Waals surface area contributed by atoms with Gasteiger partial charge in [0.1, 0.15) is 12.7 Å². The molecule has 2 heterocycles. The summed E-state index contributed by atoms with van der Waals surface area (Å²) in [4.78, 5) is 25.9. The van der Waals surface area contributed by atoms with Crippen molar-refractivity contribution in [2.75, 3.05) is 7.11 Å². The molecule has 0 fully saturated rings. The minimum Gasteiger partial charge on any atom is -0.459 e. The van der Waals surface area contributed by atoms with E-state index in [2.05, 4.69) is 9.97 Å². The van der Waals surface area contributed by atoms with E-state index in [1.54, 1.807) is 31.9 Å². The highest BCUT2D eigenvalue weighted by Gasteiger charge is 2.21. The summed E-state index contributed by atoms with van der Waals surface area (Å²) < 4.78 is 6.89. The predicted octanol–water partition coefficient (Wildman–Crippen LogP) is 3.38. The van der Waals surface area contributed by atoms with E-state index in [-0.39, 0.29) is 17.0 Å². The smallest absolute Gasteiger partial charge is 0.342 e. The summed E-state index contributed by atoms with van der Waals surface area (Å²) in [6.45, 7) is 3.57. The second kappa shape index (κ2) is 6.49. The molecular formula is C17H16ClN3O3. The Labute approximate surface area is 143 Å². The molecule has 0 spiro atoms. The Morgan fingerprint density at radius 2 is 2.04 bits per heavy atom. The minimum atomic E-state index is -0.495. The van der Waals surface area contributed by atoms with Gasteiger partial charge in [-0.25, -0.2) is 14.8 Å². The van der Waals surface area contributed by atoms with E-state index in [1.165, 1.54) is 6.20 Å². The lowest BCUT2D eigenvalue weighted by atomic mass is 10.1. The molecule has 1 aromatic carbocycles. The van der Waals surface area contributed by atoms with Crippen LogP contribution < -0.4 is 4.84 Å². The Balaban J connectivity index is 2.23. The highest BCUT2D eigenvalue weighted by Crippen LogP contribution is 2.32. The fourth-order valence-electron chi connectivity index (χ4n) is 2.48. The zero-order valence-electron chi connectivity index (χ0n) is 13.5. The lowest BCUT2D eigenvalue weighted by Crippen LogP contribution is -2.14. The van der Waals surface area contributed by atoms with Crippen molar-refractivity contribution in [3.8, 4) is 11.3 Å². The summed E-state index contributed by atoms with van der Waals surface area (Å²) in [5.74, 6) is -0.495. The number of benzene rings is 1. The first-order valence-corrected chi connectivity index (χ1v) is 7.77. The van der Waals surface area contributed by atoms with E-state index >= 15 is 0 Å². The summed E-state index contributed by atoms with van der Waals surface area (Å²) in [6, 6.07) is 7.65. The van der Waals surface area contributed by atoms with Gasteiger partial charge in [-0.1, -0.05) is 18.2 Å². The van der Waals surface area contributed by atoms with Crippen molar-refractivity contribution >= 4 is 28.5 Å². The summed E-state index contributed by atoms with van der Waals surface area (Å²) in [6.07, 6.45) is 2.89. The van der Waals surface area contributed by atoms with Crippen LogP contribution in [0.15, 0.2) is 36.7 Å². The van der Waals surface area contributed by atoms with Gasteiger partial charge in [-0.15, -0.1) is 0 Å². The molecule has 0 amide bonds. The Bertz CT molecular complexity index is 905. The second-order valence-corrected chi connectivity index (χ2v) is 5.76. The third-order valence-corrected chi connectivity index (χ3v) is 3.63. The van der Waals surface area contributed by atoms with Crippen LogP contribution in [0, 0.1) is 0 Å². The van der Waals surface area contributed by atoms with Gasteiger partial charge in [0.2, 0.25) is 5.28 Å². The van der Waals surface area contributed by atoms with Crippen molar-refractivity contribution in [2.24, 2.45) is 0 Å². The molecule has 3 aromatic rings. The van der Waals surface area contributed by atoms with Crippen molar-refractivity contribution in [1.82, 2.24) is 14.7 Å². The van der Waals surface area contributed by atoms with Crippen LogP contribution in [-0.2, 0) is 4.74 Å². The van der Waals surface area contributed by atoms with E-state index in [9.17, 15) is 4.79 Å². The summed E-state index contributed by atoms with van der Waals surface area (Å²) in [5.41, 5.74) is 2.24. The lowest BCUT2D eigenvalue weighted by molar-refractivity contribution is 0.0378. The van der Waals surface area contributed by atoms with Crippen molar-refractivity contribution in [2.45, 2.75) is 20.0 Å². The molecular weight excluding hydrogens is 330 g/mol. The van der Waals surface area contributed by atoms with E-state index < -0.39 is 5.97 Å². The molecule has 0 aliphatic rings. The first-order valence-electron chi connectivity index (χ1n) is 7.39. The summed E-state index contributed by atoms with van der Waals surface area (Å²) in [7, 11) is 1.57. The highest BCUT2D eigenvalue weighted by molar-refractivity contribution is 6.28. The third kappa shape index (κ3) is 2.92. The van der Waals surface area contributed by atoms with Gasteiger partial charge >= 0.3 is 5.97 Å². The van der Waals surface area contributed by atoms with Gasteiger partial charge in [0.05, 0.1) is 23.5 Å². The number of nitrogens with zero attached hydrogens (tertiary/aromatic N) is 3. The average molecular weight is 346 g/mol. The molecule has 7 heteroatoms. The van der Waals surface area contributed by atoms with Crippen LogP contribution in [0.4, 0.5) is 0 Å². The highest BCUT2D eigenvalue weighted by atomic mass is 35.5. The fourth-order valence-corrected chi connectivity index (χ4v) is 2.62. The van der Waals surface area contributed by atoms with Crippen molar-refractivity contribution in [3.63, 3.8) is 0 Å². The monoisotopic (exact) mass is 345 g/mol. The molecule has 0 unspecified atom stereocenters. The first kappa shape index (κ1) is 16.3. The van der Waals surface area contributed by atoms with Crippen LogP contribution in [0.5, 0.6) is 0 Å². The molecule has 2 aromatic heterocycles. The van der Waals surface area contributed by atoms with Crippen molar-refractivity contribution < 1.29 is 14.4 Å². The number of ether oxygens (including phenoxy) is 1. The number of esters is 1. The van der Waals surface area contributed by atoms with Crippen molar-refractivity contribution in [3.05, 3.63) is 47.5 Å². The average Bonchev–Trinajstić information content (AvgIpc) is 2.92. The Morgan fingerprint density at radius 1 is 1.29 bits per heavy atom. The molecule has 0 aliphatic carbocycles. The molecule has 124 valence electrons. The zero-order chi connectivity index (χ0) is 17.3. The van der Waals surface area contributed by atoms with Crippen LogP contribution in [0.25, 0.3) is 22.2 Å². The second-order valence-electron chi connectivity index (χ2n) is 5.42. The molecule has 24 heavy (non-hydrogen) atoms. The molecule has 0 bridgehead atoms. The molecule has 0 radical (unpaired) electrons. The molecule has 0 saturated carbocycles. The van der Waals surface area contributed by atoms with E-state index in [0.717, 1.165) is 10.9 Å². The normalized spacial score (nSPS) is 11.0. The van der Waals surface area contributed by atoms with E-state index in [4.69, 9.17) is 21.2 Å². The van der Waals surface area contributed by atoms with Gasteiger partial charge < -0.3 is 9.57 Å². The summed E-state index contributed by atoms with van der Waals surface area (Å²) in [5, 5.41) is 0.938. The van der Waals surface area contributed by atoms with E-state index in [1.807, 2.05) is 24.3 Å². The van der Waals surface area contributed by atoms with Crippen LogP contribution in [0.3, 0.4) is 0 Å². The number of para-hydroxylation sites is 1. The standard InChI is InChI=1S/C17H16ClN3O3/c1-10(2)24-16(22)12-8-19-17(18)20-15(12)13-9-21(23-3)14-7-5-4-6-11(13)14/h4-10H,1-3H3. The van der Waals surface area contributed by atoms with Crippen LogP contribution in [0.1, 0.15) is 24.2 Å². The maximum absolute atomic E-state index is 12.4. The lowest BCUT2D eigenvalue weighted by Gasteiger charge is -2.10. The number of hydrogen-bond acceptors (Lipinski definition) is 5. The van der Waals surface area contributed by atoms with Crippen LogP contribution >= 0.6 is 11.6 Å². The van der Waals surface area contributed by atoms with Crippen LogP contribution in [-0.4, -0.2) is 33.9 Å². The number of fused-ring (bicyclic) bond motifs is 1. The Kier molecular flexibility index (Phi) is 4.40. The molecule has 3 rings (SSSR count). The fraction of sp³-hybridized carbons (Fsp3) is 0.235. The number of rotatable bonds is 4. The number of hydrogen-bond donors (Lipinski definition) is 0. The van der Waals surface area contributed by atoms with Crippen LogP contribution in [0.2, 0.25) is 5.28 Å². The third-order valence-electron chi connectivity index (χ3n) is 3.45. The number of halogens is 1. The molecule has 6 nitrogen and oxygen atoms in total. The molecule has 0 aliphatic heterocycles. The van der Waals surface area contributed by atoms with Crippen molar-refractivity contribution in [1.29, 1.82) is 0 Å². The molecule has 0 atom stereocenters. The van der Waals surface area contributed by atoms with E-state index in [0.29, 0.717) is 11.3 Å². The SMILES string of the molecule is COn1cc(-c2nc(Cl)ncc2C(=O)OC(C)C)c2ccccc21. The Morgan fingerprint density at radius 3 is 2.75 bits per heavy atom. The van der Waals surface area contributed by atoms with Gasteiger partial charge in [-0.3, -0.25) is 0 Å². The number of aromatic nitrogens is 3. The molecule has 0 N–H and O–H groups in total. The topological polar surface area (TPSA) is 66.2 Å². The predicted molar refractivity (Wildman–Crippen MR) is 91.0 cm³/mol. The van der Waals surface area contributed by atoms with Gasteiger partial charge in [0.25, 0.3) is 0 Å². The quantitative estimate of drug-likeness (QED) is 0.535. The van der Waals surface area contributed by atoms with Gasteiger partial charge in [-0.2, -0.15) is 4.73 Å². The van der Waals surface area contributed by atoms with Gasteiger partial charge in [-0.05, 0) is 31.5 Å². The van der Waals surface area contributed by atoms with Gasteiger partial charge in [0, 0.05) is 17.1 Å². The minimum absolute atomic E-state index is 0.0559. The zero-order valence-corrected chi connectivity index (χ0v) is 14.2. The number of carbonyl (C=O) groups is 1. The largest absolute Gasteiger partial charge is 0.459 e. The van der Waals surface area contributed by atoms with Gasteiger partial charge in [0.15, 0.2) is 0 Å².